The van der Waals surface area contributed by atoms with Crippen LogP contribution in [0.1, 0.15) is 26.7 Å². The Hall–Kier alpha value is -1.36. The molecule has 2 rings (SSSR count). The lowest BCUT2D eigenvalue weighted by atomic mass is 10.2. The monoisotopic (exact) mass is 250 g/mol. The van der Waals surface area contributed by atoms with Gasteiger partial charge in [-0.25, -0.2) is 4.98 Å². The number of hydrogen-bond donors (Lipinski definition) is 2. The smallest absolute Gasteiger partial charge is 0.240 e. The number of aromatic nitrogens is 2. The molecule has 1 aromatic heterocycles. The Kier molecular flexibility index (Phi) is 4.36. The number of hydrogen-bond acceptors (Lipinski definition) is 3. The number of imidazole rings is 1. The molecule has 0 atom stereocenters. The van der Waals surface area contributed by atoms with Crippen molar-refractivity contribution in [1.82, 2.24) is 14.9 Å². The minimum atomic E-state index is -0.0214. The summed E-state index contributed by atoms with van der Waals surface area (Å²) in [5, 5.41) is 6.01. The lowest BCUT2D eigenvalue weighted by Gasteiger charge is -2.11. The van der Waals surface area contributed by atoms with E-state index in [2.05, 4.69) is 29.5 Å². The van der Waals surface area contributed by atoms with E-state index in [1.807, 2.05) is 10.8 Å². The van der Waals surface area contributed by atoms with Crippen molar-refractivity contribution < 1.29 is 4.79 Å². The van der Waals surface area contributed by atoms with Crippen molar-refractivity contribution in [3.05, 3.63) is 12.4 Å². The summed E-state index contributed by atoms with van der Waals surface area (Å²) in [7, 11) is 0. The van der Waals surface area contributed by atoms with Crippen LogP contribution >= 0.6 is 0 Å². The third-order valence-electron chi connectivity index (χ3n) is 2.94. The van der Waals surface area contributed by atoms with Gasteiger partial charge in [0.25, 0.3) is 0 Å². The first-order chi connectivity index (χ1) is 8.65. The molecule has 1 saturated carbocycles. The fraction of sp³-hybridized carbons (Fsp3) is 0.692. The molecule has 0 unspecified atom stereocenters. The van der Waals surface area contributed by atoms with Gasteiger partial charge in [-0.05, 0) is 31.2 Å². The van der Waals surface area contributed by atoms with Crippen molar-refractivity contribution in [2.75, 3.05) is 18.4 Å². The van der Waals surface area contributed by atoms with Crippen molar-refractivity contribution in [2.24, 2.45) is 11.8 Å². The molecule has 18 heavy (non-hydrogen) atoms. The molecule has 1 aromatic rings. The van der Waals surface area contributed by atoms with Gasteiger partial charge < -0.3 is 9.88 Å². The second-order valence-corrected chi connectivity index (χ2v) is 5.42. The highest BCUT2D eigenvalue weighted by molar-refractivity contribution is 5.90. The van der Waals surface area contributed by atoms with Crippen LogP contribution in [0.2, 0.25) is 0 Å². The molecule has 2 N–H and O–H groups in total. The van der Waals surface area contributed by atoms with E-state index < -0.39 is 0 Å². The van der Waals surface area contributed by atoms with Crippen LogP contribution in [0.15, 0.2) is 12.4 Å². The topological polar surface area (TPSA) is 59.0 Å². The van der Waals surface area contributed by atoms with E-state index in [1.165, 1.54) is 12.8 Å². The molecular formula is C13H22N4O. The van der Waals surface area contributed by atoms with Gasteiger partial charge in [-0.2, -0.15) is 0 Å². The maximum Gasteiger partial charge on any atom is 0.240 e. The summed E-state index contributed by atoms with van der Waals surface area (Å²) >= 11 is 0. The number of amides is 1. The molecule has 1 aliphatic rings. The van der Waals surface area contributed by atoms with Crippen LogP contribution in [0.25, 0.3) is 0 Å². The standard InChI is InChI=1S/C13H22N4O/c1-10(2)9-17-6-5-15-13(17)16-12(18)8-14-7-11-3-4-11/h5-6,10-11,14H,3-4,7-9H2,1-2H3,(H,15,16,18). The normalized spacial score (nSPS) is 15.1. The highest BCUT2D eigenvalue weighted by Crippen LogP contribution is 2.27. The van der Waals surface area contributed by atoms with Crippen molar-refractivity contribution >= 4 is 11.9 Å². The number of anilines is 1. The molecule has 1 fully saturated rings. The van der Waals surface area contributed by atoms with Crippen LogP contribution in [-0.4, -0.2) is 28.5 Å². The van der Waals surface area contributed by atoms with Crippen LogP contribution in [0.5, 0.6) is 0 Å². The van der Waals surface area contributed by atoms with Gasteiger partial charge >= 0.3 is 0 Å². The molecule has 0 bridgehead atoms. The van der Waals surface area contributed by atoms with Gasteiger partial charge in [0.15, 0.2) is 0 Å². The first kappa shape index (κ1) is 13.1. The zero-order chi connectivity index (χ0) is 13.0. The molecule has 1 aliphatic carbocycles. The average Bonchev–Trinajstić information content (AvgIpc) is 3.02. The molecular weight excluding hydrogens is 228 g/mol. The second-order valence-electron chi connectivity index (χ2n) is 5.42. The van der Waals surface area contributed by atoms with E-state index in [4.69, 9.17) is 0 Å². The summed E-state index contributed by atoms with van der Waals surface area (Å²) in [6, 6.07) is 0. The fourth-order valence-corrected chi connectivity index (χ4v) is 1.85. The van der Waals surface area contributed by atoms with Crippen LogP contribution in [0, 0.1) is 11.8 Å². The maximum absolute atomic E-state index is 11.7. The quantitative estimate of drug-likeness (QED) is 0.770. The van der Waals surface area contributed by atoms with Crippen molar-refractivity contribution in [2.45, 2.75) is 33.2 Å². The van der Waals surface area contributed by atoms with Gasteiger partial charge in [-0.15, -0.1) is 0 Å². The first-order valence-corrected chi connectivity index (χ1v) is 6.67. The zero-order valence-electron chi connectivity index (χ0n) is 11.1. The number of carbonyl (C=O) groups excluding carboxylic acids is 1. The predicted molar refractivity (Wildman–Crippen MR) is 71.3 cm³/mol. The average molecular weight is 250 g/mol. The number of rotatable bonds is 7. The van der Waals surface area contributed by atoms with E-state index in [0.717, 1.165) is 19.0 Å². The summed E-state index contributed by atoms with van der Waals surface area (Å²) in [5.74, 6) is 1.94. The Morgan fingerprint density at radius 1 is 1.56 bits per heavy atom. The summed E-state index contributed by atoms with van der Waals surface area (Å²) in [5.41, 5.74) is 0. The van der Waals surface area contributed by atoms with Crippen LogP contribution in [0.4, 0.5) is 5.95 Å². The first-order valence-electron chi connectivity index (χ1n) is 6.67. The third kappa shape index (κ3) is 4.14. The highest BCUT2D eigenvalue weighted by Gasteiger charge is 2.20. The summed E-state index contributed by atoms with van der Waals surface area (Å²) < 4.78 is 1.98. The molecule has 5 heteroatoms. The van der Waals surface area contributed by atoms with E-state index in [1.54, 1.807) is 6.20 Å². The van der Waals surface area contributed by atoms with Gasteiger partial charge in [0, 0.05) is 18.9 Å². The zero-order valence-corrected chi connectivity index (χ0v) is 11.1. The largest absolute Gasteiger partial charge is 0.317 e. The van der Waals surface area contributed by atoms with E-state index in [9.17, 15) is 4.79 Å². The molecule has 0 radical (unpaired) electrons. The second kappa shape index (κ2) is 6.00. The minimum Gasteiger partial charge on any atom is -0.317 e. The van der Waals surface area contributed by atoms with Gasteiger partial charge in [0.2, 0.25) is 11.9 Å². The maximum atomic E-state index is 11.7. The third-order valence-corrected chi connectivity index (χ3v) is 2.94. The van der Waals surface area contributed by atoms with Crippen molar-refractivity contribution in [3.8, 4) is 0 Å². The fourth-order valence-electron chi connectivity index (χ4n) is 1.85. The van der Waals surface area contributed by atoms with E-state index in [0.29, 0.717) is 18.4 Å². The highest BCUT2D eigenvalue weighted by atomic mass is 16.2. The van der Waals surface area contributed by atoms with Crippen molar-refractivity contribution in [3.63, 3.8) is 0 Å². The minimum absolute atomic E-state index is 0.0214. The van der Waals surface area contributed by atoms with Crippen LogP contribution in [0.3, 0.4) is 0 Å². The molecule has 0 spiro atoms. The molecule has 1 amide bonds. The molecule has 0 aliphatic heterocycles. The molecule has 1 heterocycles. The van der Waals surface area contributed by atoms with Crippen LogP contribution in [-0.2, 0) is 11.3 Å². The van der Waals surface area contributed by atoms with Crippen LogP contribution < -0.4 is 10.6 Å². The number of carbonyl (C=O) groups is 1. The number of nitrogens with zero attached hydrogens (tertiary/aromatic N) is 2. The lowest BCUT2D eigenvalue weighted by molar-refractivity contribution is -0.115. The summed E-state index contributed by atoms with van der Waals surface area (Å²) in [6.45, 7) is 6.47. The molecule has 5 nitrogen and oxygen atoms in total. The molecule has 0 saturated heterocycles. The Labute approximate surface area is 108 Å². The van der Waals surface area contributed by atoms with E-state index >= 15 is 0 Å². The summed E-state index contributed by atoms with van der Waals surface area (Å²) in [6.07, 6.45) is 6.21. The summed E-state index contributed by atoms with van der Waals surface area (Å²) in [4.78, 5) is 15.9. The Morgan fingerprint density at radius 3 is 3.00 bits per heavy atom. The molecule has 0 aromatic carbocycles. The Bertz CT molecular complexity index is 395. The Balaban J connectivity index is 1.76. The Morgan fingerprint density at radius 2 is 2.33 bits per heavy atom. The van der Waals surface area contributed by atoms with Gasteiger partial charge in [-0.3, -0.25) is 10.1 Å². The van der Waals surface area contributed by atoms with E-state index in [-0.39, 0.29) is 5.91 Å². The lowest BCUT2D eigenvalue weighted by Crippen LogP contribution is -2.30. The van der Waals surface area contributed by atoms with Gasteiger partial charge in [-0.1, -0.05) is 13.8 Å². The SMILES string of the molecule is CC(C)Cn1ccnc1NC(=O)CNCC1CC1. The van der Waals surface area contributed by atoms with Gasteiger partial charge in [0.05, 0.1) is 6.54 Å². The number of nitrogens with one attached hydrogen (secondary N) is 2. The van der Waals surface area contributed by atoms with Crippen molar-refractivity contribution in [1.29, 1.82) is 0 Å². The molecule has 100 valence electrons. The predicted octanol–water partition coefficient (Wildman–Crippen LogP) is 1.48. The van der Waals surface area contributed by atoms with Gasteiger partial charge in [0.1, 0.15) is 0 Å².